The molecule has 3 aromatic rings. The lowest BCUT2D eigenvalue weighted by Gasteiger charge is -1.97. The third-order valence-corrected chi connectivity index (χ3v) is 3.35. The van der Waals surface area contributed by atoms with Crippen LogP contribution in [0.1, 0.15) is 6.92 Å². The van der Waals surface area contributed by atoms with Gasteiger partial charge in [-0.25, -0.2) is 9.55 Å². The number of fused-ring (bicyclic) bond motifs is 1. The highest BCUT2D eigenvalue weighted by Crippen LogP contribution is 2.21. The molecule has 0 saturated carbocycles. The first-order valence-electron chi connectivity index (χ1n) is 5.91. The van der Waals surface area contributed by atoms with Crippen molar-refractivity contribution in [1.29, 1.82) is 0 Å². The molecule has 0 saturated heterocycles. The Labute approximate surface area is 114 Å². The fourth-order valence-corrected chi connectivity index (χ4v) is 2.51. The number of hydrogen-bond donors (Lipinski definition) is 1. The second-order valence-corrected chi connectivity index (χ2v) is 5.09. The van der Waals surface area contributed by atoms with Crippen LogP contribution in [0.2, 0.25) is 0 Å². The Bertz CT molecular complexity index is 670. The highest BCUT2D eigenvalue weighted by Gasteiger charge is 2.10. The molecule has 3 rings (SSSR count). The van der Waals surface area contributed by atoms with Crippen molar-refractivity contribution in [3.63, 3.8) is 0 Å². The third-order valence-electron chi connectivity index (χ3n) is 2.92. The summed E-state index contributed by atoms with van der Waals surface area (Å²) in [6, 6.07) is 10.1. The van der Waals surface area contributed by atoms with Crippen LogP contribution in [0.4, 0.5) is 0 Å². The summed E-state index contributed by atoms with van der Waals surface area (Å²) in [6.45, 7) is 3.06. The zero-order chi connectivity index (χ0) is 12.5. The van der Waals surface area contributed by atoms with E-state index in [1.165, 1.54) is 0 Å². The number of aromatic nitrogens is 3. The Balaban J connectivity index is 2.16. The van der Waals surface area contributed by atoms with Gasteiger partial charge in [-0.1, -0.05) is 12.1 Å². The highest BCUT2D eigenvalue weighted by molar-refractivity contribution is 9.10. The first-order valence-corrected chi connectivity index (χ1v) is 6.70. The van der Waals surface area contributed by atoms with Crippen LogP contribution in [0.3, 0.4) is 0 Å². The van der Waals surface area contributed by atoms with Crippen LogP contribution in [0, 0.1) is 0 Å². The van der Waals surface area contributed by atoms with Crippen molar-refractivity contribution < 1.29 is 4.57 Å². The summed E-state index contributed by atoms with van der Waals surface area (Å²) in [6.07, 6.45) is 4.16. The van der Waals surface area contributed by atoms with Gasteiger partial charge >= 0.3 is 0 Å². The second kappa shape index (κ2) is 4.53. The fraction of sp³-hybridized carbons (Fsp3) is 0.143. The summed E-state index contributed by atoms with van der Waals surface area (Å²) >= 11 is 3.53. The molecule has 0 amide bonds. The van der Waals surface area contributed by atoms with Gasteiger partial charge in [-0.05, 0) is 41.1 Å². The molecule has 1 N–H and O–H groups in total. The number of hydrogen-bond acceptors (Lipinski definition) is 1. The molecule has 4 heteroatoms. The zero-order valence-corrected chi connectivity index (χ0v) is 11.6. The Morgan fingerprint density at radius 1 is 1.28 bits per heavy atom. The molecule has 0 spiro atoms. The summed E-state index contributed by atoms with van der Waals surface area (Å²) in [5.74, 6) is 0.903. The van der Waals surface area contributed by atoms with Crippen LogP contribution in [-0.2, 0) is 6.54 Å². The quantitative estimate of drug-likeness (QED) is 0.724. The summed E-state index contributed by atoms with van der Waals surface area (Å²) in [5, 5.41) is 0. The lowest BCUT2D eigenvalue weighted by atomic mass is 10.2. The van der Waals surface area contributed by atoms with Crippen LogP contribution >= 0.6 is 15.9 Å². The van der Waals surface area contributed by atoms with Crippen LogP contribution in [0.25, 0.3) is 22.4 Å². The maximum Gasteiger partial charge on any atom is 0.183 e. The molecule has 1 aromatic carbocycles. The summed E-state index contributed by atoms with van der Waals surface area (Å²) < 4.78 is 3.19. The number of halogens is 1. The van der Waals surface area contributed by atoms with Gasteiger partial charge in [0.1, 0.15) is 12.4 Å². The Hall–Kier alpha value is -1.68. The summed E-state index contributed by atoms with van der Waals surface area (Å²) in [5.41, 5.74) is 3.15. The minimum atomic E-state index is 0.903. The zero-order valence-electron chi connectivity index (χ0n) is 10.0. The molecule has 0 aliphatic rings. The number of nitrogens with zero attached hydrogens (tertiary/aromatic N) is 2. The second-order valence-electron chi connectivity index (χ2n) is 4.18. The third kappa shape index (κ3) is 2.04. The number of para-hydroxylation sites is 2. The van der Waals surface area contributed by atoms with Gasteiger partial charge < -0.3 is 4.98 Å². The fourth-order valence-electron chi connectivity index (χ4n) is 2.00. The molecule has 18 heavy (non-hydrogen) atoms. The molecule has 2 aromatic heterocycles. The van der Waals surface area contributed by atoms with Gasteiger partial charge in [0.2, 0.25) is 0 Å². The molecular formula is C14H13BrN3+. The van der Waals surface area contributed by atoms with Crippen molar-refractivity contribution in [1.82, 2.24) is 9.97 Å². The maximum absolute atomic E-state index is 4.61. The minimum Gasteiger partial charge on any atom is -0.338 e. The van der Waals surface area contributed by atoms with Crippen molar-refractivity contribution in [3.05, 3.63) is 47.2 Å². The number of pyridine rings is 1. The number of benzene rings is 1. The van der Waals surface area contributed by atoms with E-state index in [2.05, 4.69) is 55.8 Å². The maximum atomic E-state index is 4.61. The van der Waals surface area contributed by atoms with Crippen LogP contribution in [0.5, 0.6) is 0 Å². The molecule has 0 radical (unpaired) electrons. The first-order chi connectivity index (χ1) is 8.76. The number of nitrogens with one attached hydrogen (secondary N) is 1. The standard InChI is InChI=1S/C14H13BrN3/c1-2-18-8-10(7-11(15)9-18)14-16-12-5-3-4-6-13(12)17-14/h3-9H,2H2,1H3,(H,16,17)/q+1. The van der Waals surface area contributed by atoms with Gasteiger partial charge in [0.05, 0.1) is 21.1 Å². The average Bonchev–Trinajstić information content (AvgIpc) is 2.81. The van der Waals surface area contributed by atoms with Gasteiger partial charge in [0.25, 0.3) is 0 Å². The van der Waals surface area contributed by atoms with E-state index in [9.17, 15) is 0 Å². The minimum absolute atomic E-state index is 0.903. The molecule has 90 valence electrons. The van der Waals surface area contributed by atoms with Gasteiger partial charge in [-0.3, -0.25) is 0 Å². The number of H-pyrrole nitrogens is 1. The smallest absolute Gasteiger partial charge is 0.183 e. The van der Waals surface area contributed by atoms with Gasteiger partial charge in [-0.15, -0.1) is 0 Å². The lowest BCUT2D eigenvalue weighted by molar-refractivity contribution is -0.693. The predicted octanol–water partition coefficient (Wildman–Crippen LogP) is 3.30. The van der Waals surface area contributed by atoms with E-state index in [0.717, 1.165) is 33.4 Å². The van der Waals surface area contributed by atoms with E-state index in [4.69, 9.17) is 0 Å². The van der Waals surface area contributed by atoms with E-state index < -0.39 is 0 Å². The van der Waals surface area contributed by atoms with Crippen molar-refractivity contribution >= 4 is 27.0 Å². The van der Waals surface area contributed by atoms with Gasteiger partial charge in [-0.2, -0.15) is 0 Å². The normalized spacial score (nSPS) is 11.0. The van der Waals surface area contributed by atoms with Crippen molar-refractivity contribution in [3.8, 4) is 11.4 Å². The van der Waals surface area contributed by atoms with Crippen molar-refractivity contribution in [2.24, 2.45) is 0 Å². The Morgan fingerprint density at radius 2 is 2.11 bits per heavy atom. The SMILES string of the molecule is CC[n+]1cc(Br)cc(-c2nc3ccccc3[nH]2)c1. The number of rotatable bonds is 2. The lowest BCUT2D eigenvalue weighted by Crippen LogP contribution is -2.31. The number of aromatic amines is 1. The molecule has 3 nitrogen and oxygen atoms in total. The van der Waals surface area contributed by atoms with E-state index in [1.807, 2.05) is 24.3 Å². The van der Waals surface area contributed by atoms with Crippen LogP contribution in [-0.4, -0.2) is 9.97 Å². The molecule has 0 fully saturated rings. The number of aryl methyl sites for hydroxylation is 1. The molecular weight excluding hydrogens is 290 g/mol. The Morgan fingerprint density at radius 3 is 2.89 bits per heavy atom. The molecule has 0 aliphatic heterocycles. The predicted molar refractivity (Wildman–Crippen MR) is 75.1 cm³/mol. The largest absolute Gasteiger partial charge is 0.338 e. The van der Waals surface area contributed by atoms with E-state index in [-0.39, 0.29) is 0 Å². The van der Waals surface area contributed by atoms with E-state index in [0.29, 0.717) is 0 Å². The topological polar surface area (TPSA) is 32.6 Å². The van der Waals surface area contributed by atoms with Crippen LogP contribution < -0.4 is 4.57 Å². The highest BCUT2D eigenvalue weighted by atomic mass is 79.9. The molecule has 0 bridgehead atoms. The van der Waals surface area contributed by atoms with Crippen molar-refractivity contribution in [2.45, 2.75) is 13.5 Å². The molecule has 0 atom stereocenters. The first kappa shape index (κ1) is 11.4. The molecule has 0 unspecified atom stereocenters. The molecule has 2 heterocycles. The van der Waals surface area contributed by atoms with E-state index >= 15 is 0 Å². The van der Waals surface area contributed by atoms with Crippen molar-refractivity contribution in [2.75, 3.05) is 0 Å². The molecule has 0 aliphatic carbocycles. The van der Waals surface area contributed by atoms with Crippen LogP contribution in [0.15, 0.2) is 47.2 Å². The Kier molecular flexibility index (Phi) is 2.88. The van der Waals surface area contributed by atoms with Gasteiger partial charge in [0.15, 0.2) is 12.4 Å². The summed E-state index contributed by atoms with van der Waals surface area (Å²) in [7, 11) is 0. The average molecular weight is 303 g/mol. The number of imidazole rings is 1. The monoisotopic (exact) mass is 302 g/mol. The van der Waals surface area contributed by atoms with E-state index in [1.54, 1.807) is 0 Å². The van der Waals surface area contributed by atoms with Gasteiger partial charge in [0, 0.05) is 0 Å². The summed E-state index contributed by atoms with van der Waals surface area (Å²) in [4.78, 5) is 7.95.